The van der Waals surface area contributed by atoms with Crippen LogP contribution in [0.1, 0.15) is 33.9 Å². The molecule has 1 unspecified atom stereocenters. The fourth-order valence-electron chi connectivity index (χ4n) is 3.90. The molecule has 0 bridgehead atoms. The molecule has 0 aliphatic carbocycles. The SMILES string of the molecule is Cc1cc(/C(O)=C2\C(=O)C(=O)N(Cc3cccnc3)C2c2ccccc2C)ccc1Br. The maximum atomic E-state index is 13.1. The van der Waals surface area contributed by atoms with Crippen LogP contribution in [0.2, 0.25) is 0 Å². The Morgan fingerprint density at radius 1 is 1.06 bits per heavy atom. The van der Waals surface area contributed by atoms with E-state index < -0.39 is 17.7 Å². The van der Waals surface area contributed by atoms with Crippen molar-refractivity contribution in [3.8, 4) is 0 Å². The average molecular weight is 477 g/mol. The van der Waals surface area contributed by atoms with E-state index in [1.54, 1.807) is 30.6 Å². The maximum absolute atomic E-state index is 13.1. The summed E-state index contributed by atoms with van der Waals surface area (Å²) < 4.78 is 0.900. The van der Waals surface area contributed by atoms with Crippen LogP contribution >= 0.6 is 15.9 Å². The van der Waals surface area contributed by atoms with E-state index in [1.165, 1.54) is 4.90 Å². The number of hydrogen-bond donors (Lipinski definition) is 1. The van der Waals surface area contributed by atoms with Crippen molar-refractivity contribution in [1.82, 2.24) is 9.88 Å². The van der Waals surface area contributed by atoms with Crippen LogP contribution in [0.15, 0.2) is 77.0 Å². The van der Waals surface area contributed by atoms with Crippen molar-refractivity contribution in [2.45, 2.75) is 26.4 Å². The molecule has 2 aromatic carbocycles. The molecular weight excluding hydrogens is 456 g/mol. The van der Waals surface area contributed by atoms with Crippen LogP contribution in [0.25, 0.3) is 5.76 Å². The van der Waals surface area contributed by atoms with Crippen LogP contribution in [0.5, 0.6) is 0 Å². The molecule has 0 spiro atoms. The van der Waals surface area contributed by atoms with Crippen molar-refractivity contribution in [3.63, 3.8) is 0 Å². The van der Waals surface area contributed by atoms with E-state index in [1.807, 2.05) is 50.2 Å². The molecule has 2 heterocycles. The van der Waals surface area contributed by atoms with Crippen molar-refractivity contribution in [2.24, 2.45) is 0 Å². The largest absolute Gasteiger partial charge is 0.507 e. The minimum absolute atomic E-state index is 0.102. The number of amides is 1. The number of aliphatic hydroxyl groups excluding tert-OH is 1. The highest BCUT2D eigenvalue weighted by atomic mass is 79.9. The van der Waals surface area contributed by atoms with Gasteiger partial charge in [0, 0.05) is 29.0 Å². The summed E-state index contributed by atoms with van der Waals surface area (Å²) in [5, 5.41) is 11.2. The van der Waals surface area contributed by atoms with Crippen LogP contribution < -0.4 is 0 Å². The third kappa shape index (κ3) is 3.91. The third-order valence-corrected chi connectivity index (χ3v) is 6.42. The van der Waals surface area contributed by atoms with Crippen molar-refractivity contribution in [1.29, 1.82) is 0 Å². The number of hydrogen-bond acceptors (Lipinski definition) is 4. The van der Waals surface area contributed by atoms with Gasteiger partial charge in [0.2, 0.25) is 0 Å². The second-order valence-electron chi connectivity index (χ2n) is 7.61. The molecule has 1 aliphatic heterocycles. The highest BCUT2D eigenvalue weighted by Crippen LogP contribution is 2.41. The quantitative estimate of drug-likeness (QED) is 0.323. The molecule has 1 amide bonds. The molecule has 1 aliphatic rings. The summed E-state index contributed by atoms with van der Waals surface area (Å²) in [6.07, 6.45) is 3.33. The van der Waals surface area contributed by atoms with Gasteiger partial charge in [0.25, 0.3) is 11.7 Å². The average Bonchev–Trinajstić information content (AvgIpc) is 3.01. The second-order valence-corrected chi connectivity index (χ2v) is 8.46. The van der Waals surface area contributed by atoms with Gasteiger partial charge in [-0.3, -0.25) is 14.6 Å². The first-order valence-electron chi connectivity index (χ1n) is 9.88. The number of ketones is 1. The highest BCUT2D eigenvalue weighted by molar-refractivity contribution is 9.10. The number of likely N-dealkylation sites (tertiary alicyclic amines) is 1. The number of rotatable bonds is 4. The summed E-state index contributed by atoms with van der Waals surface area (Å²) in [5.41, 5.74) is 4.07. The molecule has 0 radical (unpaired) electrons. The zero-order chi connectivity index (χ0) is 22.1. The zero-order valence-corrected chi connectivity index (χ0v) is 18.8. The Morgan fingerprint density at radius 3 is 2.52 bits per heavy atom. The Hall–Kier alpha value is -3.25. The van der Waals surface area contributed by atoms with E-state index in [4.69, 9.17) is 0 Å². The van der Waals surface area contributed by atoms with Crippen LogP contribution in [0.3, 0.4) is 0 Å². The highest BCUT2D eigenvalue weighted by Gasteiger charge is 2.46. The lowest BCUT2D eigenvalue weighted by Crippen LogP contribution is -2.29. The van der Waals surface area contributed by atoms with Gasteiger partial charge in [-0.2, -0.15) is 0 Å². The number of carbonyl (C=O) groups is 2. The molecule has 1 atom stereocenters. The molecule has 6 heteroatoms. The van der Waals surface area contributed by atoms with Gasteiger partial charge >= 0.3 is 0 Å². The third-order valence-electron chi connectivity index (χ3n) is 5.53. The van der Waals surface area contributed by atoms with Gasteiger partial charge in [-0.1, -0.05) is 52.3 Å². The van der Waals surface area contributed by atoms with Crippen molar-refractivity contribution < 1.29 is 14.7 Å². The summed E-state index contributed by atoms with van der Waals surface area (Å²) in [6.45, 7) is 4.05. The van der Waals surface area contributed by atoms with Crippen LogP contribution in [0.4, 0.5) is 0 Å². The molecule has 1 fully saturated rings. The monoisotopic (exact) mass is 476 g/mol. The summed E-state index contributed by atoms with van der Waals surface area (Å²) in [4.78, 5) is 31.8. The Bertz CT molecular complexity index is 1200. The lowest BCUT2D eigenvalue weighted by molar-refractivity contribution is -0.140. The summed E-state index contributed by atoms with van der Waals surface area (Å²) in [6, 6.07) is 15.9. The van der Waals surface area contributed by atoms with Crippen LogP contribution in [-0.4, -0.2) is 26.7 Å². The number of carbonyl (C=O) groups excluding carboxylic acids is 2. The first-order chi connectivity index (χ1) is 14.9. The lowest BCUT2D eigenvalue weighted by atomic mass is 9.92. The van der Waals surface area contributed by atoms with Gasteiger partial charge in [0.1, 0.15) is 5.76 Å². The van der Waals surface area contributed by atoms with Gasteiger partial charge < -0.3 is 10.0 Å². The molecule has 3 aromatic rings. The number of aryl methyl sites for hydroxylation is 2. The lowest BCUT2D eigenvalue weighted by Gasteiger charge is -2.26. The van der Waals surface area contributed by atoms with Gasteiger partial charge in [0.05, 0.1) is 11.6 Å². The molecule has 4 rings (SSSR count). The number of pyridine rings is 1. The summed E-state index contributed by atoms with van der Waals surface area (Å²) >= 11 is 3.46. The van der Waals surface area contributed by atoms with E-state index in [9.17, 15) is 14.7 Å². The summed E-state index contributed by atoms with van der Waals surface area (Å²) in [7, 11) is 0. The van der Waals surface area contributed by atoms with Gasteiger partial charge in [-0.15, -0.1) is 0 Å². The first kappa shape index (κ1) is 21.0. The standard InChI is InChI=1S/C25H21BrN2O3/c1-15-6-3-4-8-19(15)22-21(23(29)18-9-10-20(26)16(2)12-18)24(30)25(31)28(22)14-17-7-5-11-27-13-17/h3-13,22,29H,14H2,1-2H3/b23-21+. The number of nitrogens with zero attached hydrogens (tertiary/aromatic N) is 2. The van der Waals surface area contributed by atoms with Crippen molar-refractivity contribution in [2.75, 3.05) is 0 Å². The van der Waals surface area contributed by atoms with Gasteiger partial charge in [-0.05, 0) is 54.3 Å². The number of aliphatic hydroxyl groups is 1. The van der Waals surface area contributed by atoms with Gasteiger partial charge in [-0.25, -0.2) is 0 Å². The molecule has 156 valence electrons. The van der Waals surface area contributed by atoms with E-state index in [0.29, 0.717) is 5.56 Å². The Balaban J connectivity index is 1.90. The van der Waals surface area contributed by atoms with Crippen molar-refractivity contribution in [3.05, 3.63) is 105 Å². The van der Waals surface area contributed by atoms with Crippen molar-refractivity contribution >= 4 is 33.4 Å². The smallest absolute Gasteiger partial charge is 0.295 e. The molecular formula is C25H21BrN2O3. The van der Waals surface area contributed by atoms with E-state index in [0.717, 1.165) is 26.7 Å². The molecule has 0 saturated carbocycles. The number of aromatic nitrogens is 1. The normalized spacial score (nSPS) is 17.9. The zero-order valence-electron chi connectivity index (χ0n) is 17.2. The predicted molar refractivity (Wildman–Crippen MR) is 122 cm³/mol. The molecule has 1 N–H and O–H groups in total. The maximum Gasteiger partial charge on any atom is 0.295 e. The minimum Gasteiger partial charge on any atom is -0.507 e. The van der Waals surface area contributed by atoms with Crippen LogP contribution in [0, 0.1) is 13.8 Å². The van der Waals surface area contributed by atoms with E-state index >= 15 is 0 Å². The summed E-state index contributed by atoms with van der Waals surface area (Å²) in [5.74, 6) is -1.49. The Labute approximate surface area is 189 Å². The van der Waals surface area contributed by atoms with E-state index in [-0.39, 0.29) is 17.9 Å². The molecule has 5 nitrogen and oxygen atoms in total. The fourth-order valence-corrected chi connectivity index (χ4v) is 4.14. The van der Waals surface area contributed by atoms with E-state index in [2.05, 4.69) is 20.9 Å². The molecule has 1 aromatic heterocycles. The number of Topliss-reactive ketones (excluding diaryl/α,β-unsaturated/α-hetero) is 1. The molecule has 1 saturated heterocycles. The Morgan fingerprint density at radius 2 is 1.84 bits per heavy atom. The second kappa shape index (κ2) is 8.47. The predicted octanol–water partition coefficient (Wildman–Crippen LogP) is 5.08. The topological polar surface area (TPSA) is 70.5 Å². The minimum atomic E-state index is -0.689. The van der Waals surface area contributed by atoms with Gasteiger partial charge in [0.15, 0.2) is 0 Å². The number of halogens is 1. The fraction of sp³-hybridized carbons (Fsp3) is 0.160. The molecule has 31 heavy (non-hydrogen) atoms. The Kier molecular flexibility index (Phi) is 5.74. The number of benzene rings is 2. The van der Waals surface area contributed by atoms with Crippen LogP contribution in [-0.2, 0) is 16.1 Å². The first-order valence-corrected chi connectivity index (χ1v) is 10.7.